The molecule has 0 spiro atoms. The maximum atomic E-state index is 11.9. The lowest BCUT2D eigenvalue weighted by atomic mass is 10.1. The minimum atomic E-state index is 0.0251. The number of thioether (sulfide) groups is 1. The number of benzene rings is 1. The fourth-order valence-electron chi connectivity index (χ4n) is 1.99. The topological polar surface area (TPSA) is 45.8 Å². The van der Waals surface area contributed by atoms with E-state index in [-0.39, 0.29) is 5.56 Å². The second kappa shape index (κ2) is 4.90. The van der Waals surface area contributed by atoms with Crippen LogP contribution in [-0.4, -0.2) is 9.97 Å². The standard InChI is InChI=1S/C13H11BrN2OS/c14-9-3-1-8(2-4-9)5-12-15-11-7-18-6-10(11)13(17)16-12/h1-4H,5-7H2,(H,15,16,17). The first-order chi connectivity index (χ1) is 8.72. The Balaban J connectivity index is 1.92. The van der Waals surface area contributed by atoms with Gasteiger partial charge in [0.25, 0.3) is 5.56 Å². The van der Waals surface area contributed by atoms with Crippen LogP contribution in [0, 0.1) is 0 Å². The molecule has 2 heterocycles. The number of rotatable bonds is 2. The van der Waals surface area contributed by atoms with E-state index in [0.717, 1.165) is 38.6 Å². The maximum Gasteiger partial charge on any atom is 0.255 e. The van der Waals surface area contributed by atoms with Gasteiger partial charge in [0, 0.05) is 28.0 Å². The van der Waals surface area contributed by atoms with Crippen molar-refractivity contribution in [3.8, 4) is 0 Å². The fourth-order valence-corrected chi connectivity index (χ4v) is 3.29. The summed E-state index contributed by atoms with van der Waals surface area (Å²) in [5.41, 5.74) is 2.97. The molecule has 2 aromatic rings. The Hall–Kier alpha value is -1.07. The van der Waals surface area contributed by atoms with Gasteiger partial charge in [0.05, 0.1) is 5.69 Å². The Morgan fingerprint density at radius 1 is 1.28 bits per heavy atom. The minimum absolute atomic E-state index is 0.0251. The van der Waals surface area contributed by atoms with Crippen molar-refractivity contribution < 1.29 is 0 Å². The zero-order valence-electron chi connectivity index (χ0n) is 9.57. The Morgan fingerprint density at radius 2 is 2.06 bits per heavy atom. The molecule has 92 valence electrons. The summed E-state index contributed by atoms with van der Waals surface area (Å²) in [6.45, 7) is 0. The quantitative estimate of drug-likeness (QED) is 0.924. The number of aromatic amines is 1. The number of hydrogen-bond donors (Lipinski definition) is 1. The van der Waals surface area contributed by atoms with Crippen LogP contribution in [0.3, 0.4) is 0 Å². The van der Waals surface area contributed by atoms with Crippen LogP contribution in [-0.2, 0) is 17.9 Å². The molecule has 5 heteroatoms. The molecule has 1 aromatic carbocycles. The van der Waals surface area contributed by atoms with Crippen LogP contribution in [0.25, 0.3) is 0 Å². The second-order valence-electron chi connectivity index (χ2n) is 4.23. The van der Waals surface area contributed by atoms with Gasteiger partial charge in [0.15, 0.2) is 0 Å². The lowest BCUT2D eigenvalue weighted by Crippen LogP contribution is -2.17. The van der Waals surface area contributed by atoms with Crippen LogP contribution in [0.4, 0.5) is 0 Å². The van der Waals surface area contributed by atoms with E-state index in [1.165, 1.54) is 0 Å². The predicted molar refractivity (Wildman–Crippen MR) is 76.8 cm³/mol. The minimum Gasteiger partial charge on any atom is -0.310 e. The molecule has 1 aromatic heterocycles. The van der Waals surface area contributed by atoms with Crippen LogP contribution in [0.5, 0.6) is 0 Å². The number of aromatic nitrogens is 2. The maximum absolute atomic E-state index is 11.9. The Kier molecular flexibility index (Phi) is 3.26. The smallest absolute Gasteiger partial charge is 0.255 e. The first-order valence-corrected chi connectivity index (χ1v) is 7.60. The van der Waals surface area contributed by atoms with Crippen LogP contribution in [0.1, 0.15) is 22.6 Å². The zero-order chi connectivity index (χ0) is 12.5. The molecule has 1 aliphatic rings. The van der Waals surface area contributed by atoms with Crippen LogP contribution in [0.15, 0.2) is 33.5 Å². The number of halogens is 1. The van der Waals surface area contributed by atoms with E-state index in [9.17, 15) is 4.79 Å². The molecule has 0 bridgehead atoms. The summed E-state index contributed by atoms with van der Waals surface area (Å²) in [5, 5.41) is 0. The van der Waals surface area contributed by atoms with Gasteiger partial charge in [-0.25, -0.2) is 4.98 Å². The van der Waals surface area contributed by atoms with Crippen molar-refractivity contribution in [2.45, 2.75) is 17.9 Å². The van der Waals surface area contributed by atoms with Gasteiger partial charge in [-0.05, 0) is 17.7 Å². The zero-order valence-corrected chi connectivity index (χ0v) is 12.0. The van der Waals surface area contributed by atoms with Gasteiger partial charge in [-0.15, -0.1) is 0 Å². The molecule has 0 radical (unpaired) electrons. The van der Waals surface area contributed by atoms with E-state index in [1.54, 1.807) is 11.8 Å². The van der Waals surface area contributed by atoms with Crippen LogP contribution in [0.2, 0.25) is 0 Å². The summed E-state index contributed by atoms with van der Waals surface area (Å²) in [6.07, 6.45) is 0.667. The van der Waals surface area contributed by atoms with Crippen LogP contribution < -0.4 is 5.56 Å². The highest BCUT2D eigenvalue weighted by molar-refractivity contribution is 9.10. The van der Waals surface area contributed by atoms with Crippen molar-refractivity contribution >= 4 is 27.7 Å². The van der Waals surface area contributed by atoms with Gasteiger partial charge in [-0.3, -0.25) is 4.79 Å². The number of H-pyrrole nitrogens is 1. The monoisotopic (exact) mass is 322 g/mol. The van der Waals surface area contributed by atoms with Gasteiger partial charge < -0.3 is 4.98 Å². The third-order valence-corrected chi connectivity index (χ3v) is 4.42. The highest BCUT2D eigenvalue weighted by atomic mass is 79.9. The molecule has 0 saturated heterocycles. The van der Waals surface area contributed by atoms with Crippen molar-refractivity contribution in [3.05, 3.63) is 61.7 Å². The molecule has 0 fully saturated rings. The van der Waals surface area contributed by atoms with Crippen molar-refractivity contribution in [1.29, 1.82) is 0 Å². The normalized spacial score (nSPS) is 13.6. The van der Waals surface area contributed by atoms with Crippen molar-refractivity contribution in [2.24, 2.45) is 0 Å². The number of nitrogens with one attached hydrogen (secondary N) is 1. The molecule has 0 atom stereocenters. The molecule has 0 aliphatic carbocycles. The van der Waals surface area contributed by atoms with E-state index < -0.39 is 0 Å². The molecule has 18 heavy (non-hydrogen) atoms. The van der Waals surface area contributed by atoms with E-state index in [1.807, 2.05) is 24.3 Å². The lowest BCUT2D eigenvalue weighted by Gasteiger charge is -2.04. The van der Waals surface area contributed by atoms with Gasteiger partial charge in [-0.1, -0.05) is 28.1 Å². The van der Waals surface area contributed by atoms with E-state index >= 15 is 0 Å². The molecule has 3 rings (SSSR count). The molecule has 3 nitrogen and oxygen atoms in total. The van der Waals surface area contributed by atoms with Crippen molar-refractivity contribution in [2.75, 3.05) is 0 Å². The Labute approximate surface area is 117 Å². The SMILES string of the molecule is O=c1[nH]c(Cc2ccc(Br)cc2)nc2c1CSC2. The van der Waals surface area contributed by atoms with Crippen molar-refractivity contribution in [3.63, 3.8) is 0 Å². The molecular formula is C13H11BrN2OS. The molecule has 1 N–H and O–H groups in total. The van der Waals surface area contributed by atoms with Crippen LogP contribution >= 0.6 is 27.7 Å². The van der Waals surface area contributed by atoms with Gasteiger partial charge >= 0.3 is 0 Å². The predicted octanol–water partition coefficient (Wildman–Crippen LogP) is 2.87. The third kappa shape index (κ3) is 2.37. The largest absolute Gasteiger partial charge is 0.310 e. The summed E-state index contributed by atoms with van der Waals surface area (Å²) in [5.74, 6) is 2.39. The van der Waals surface area contributed by atoms with Gasteiger partial charge in [-0.2, -0.15) is 11.8 Å². The lowest BCUT2D eigenvalue weighted by molar-refractivity contribution is 0.903. The van der Waals surface area contributed by atoms with E-state index in [0.29, 0.717) is 6.42 Å². The molecule has 0 amide bonds. The van der Waals surface area contributed by atoms with Crippen molar-refractivity contribution in [1.82, 2.24) is 9.97 Å². The molecule has 1 aliphatic heterocycles. The summed E-state index contributed by atoms with van der Waals surface area (Å²) >= 11 is 5.15. The third-order valence-electron chi connectivity index (χ3n) is 2.92. The number of fused-ring (bicyclic) bond motifs is 1. The summed E-state index contributed by atoms with van der Waals surface area (Å²) in [6, 6.07) is 8.06. The Morgan fingerprint density at radius 3 is 2.83 bits per heavy atom. The summed E-state index contributed by atoms with van der Waals surface area (Å²) in [4.78, 5) is 19.3. The summed E-state index contributed by atoms with van der Waals surface area (Å²) in [7, 11) is 0. The first-order valence-electron chi connectivity index (χ1n) is 5.65. The molecular weight excluding hydrogens is 312 g/mol. The fraction of sp³-hybridized carbons (Fsp3) is 0.231. The summed E-state index contributed by atoms with van der Waals surface area (Å²) < 4.78 is 1.05. The molecule has 0 saturated carbocycles. The number of hydrogen-bond acceptors (Lipinski definition) is 3. The van der Waals surface area contributed by atoms with E-state index in [4.69, 9.17) is 0 Å². The average molecular weight is 323 g/mol. The Bertz CT molecular complexity index is 636. The molecule has 0 unspecified atom stereocenters. The second-order valence-corrected chi connectivity index (χ2v) is 6.14. The van der Waals surface area contributed by atoms with E-state index in [2.05, 4.69) is 25.9 Å². The highest BCUT2D eigenvalue weighted by Gasteiger charge is 2.17. The average Bonchev–Trinajstić information content (AvgIpc) is 2.81. The number of nitrogens with zero attached hydrogens (tertiary/aromatic N) is 1. The highest BCUT2D eigenvalue weighted by Crippen LogP contribution is 2.25. The first kappa shape index (κ1) is 12.0. The van der Waals surface area contributed by atoms with Gasteiger partial charge in [0.2, 0.25) is 0 Å². The van der Waals surface area contributed by atoms with Gasteiger partial charge in [0.1, 0.15) is 5.82 Å².